The SMILES string of the molecule is COC12C(CO)C3=C(C(=O)C(C)=C(Nc4ccc(S(N)(=O)=O)cc4)C3=O)N1CC1NC12.NC(=O)O. The number of nitrogens with zero attached hydrogens (tertiary/aromatic N) is 1. The van der Waals surface area contributed by atoms with E-state index in [2.05, 4.69) is 16.4 Å². The Kier molecular flexibility index (Phi) is 5.97. The minimum Gasteiger partial charge on any atom is -0.465 e. The van der Waals surface area contributed by atoms with E-state index < -0.39 is 27.8 Å². The van der Waals surface area contributed by atoms with Gasteiger partial charge < -0.3 is 36.2 Å². The predicted octanol–water partition coefficient (Wildman–Crippen LogP) is -1.33. The first-order valence-electron chi connectivity index (χ1n) is 10.5. The third kappa shape index (κ3) is 3.79. The van der Waals surface area contributed by atoms with E-state index in [1.54, 1.807) is 6.92 Å². The molecule has 0 radical (unpaired) electrons. The number of carboxylic acid groups (broad SMARTS) is 1. The molecule has 5 rings (SSSR count). The molecule has 1 amide bonds. The predicted molar refractivity (Wildman–Crippen MR) is 121 cm³/mol. The molecule has 0 bridgehead atoms. The number of rotatable bonds is 5. The molecule has 2 saturated heterocycles. The van der Waals surface area contributed by atoms with Crippen LogP contribution in [0.15, 0.2) is 51.7 Å². The Balaban J connectivity index is 0.000000672. The molecular weight excluding hydrogens is 482 g/mol. The van der Waals surface area contributed by atoms with Gasteiger partial charge in [-0.25, -0.2) is 18.4 Å². The van der Waals surface area contributed by atoms with E-state index in [4.69, 9.17) is 19.8 Å². The summed E-state index contributed by atoms with van der Waals surface area (Å²) in [6.45, 7) is 1.75. The maximum absolute atomic E-state index is 13.5. The number of piperazine rings is 1. The molecule has 3 heterocycles. The minimum absolute atomic E-state index is 0.0647. The van der Waals surface area contributed by atoms with Gasteiger partial charge in [-0.3, -0.25) is 9.59 Å². The molecule has 0 aromatic heterocycles. The number of methoxy groups -OCH3 is 1. The number of hydrogen-bond acceptors (Lipinski definition) is 10. The molecular formula is C21H25N5O8S. The van der Waals surface area contributed by atoms with Gasteiger partial charge in [0.2, 0.25) is 21.6 Å². The van der Waals surface area contributed by atoms with Crippen LogP contribution in [0.25, 0.3) is 0 Å². The number of carbonyl (C=O) groups is 3. The number of carbonyl (C=O) groups excluding carboxylic acids is 2. The zero-order valence-corrected chi connectivity index (χ0v) is 19.6. The van der Waals surface area contributed by atoms with Gasteiger partial charge in [-0.1, -0.05) is 0 Å². The molecule has 4 atom stereocenters. The fourth-order valence-electron chi connectivity index (χ4n) is 5.17. The normalized spacial score (nSPS) is 28.8. The van der Waals surface area contributed by atoms with Crippen LogP contribution in [0.2, 0.25) is 0 Å². The zero-order chi connectivity index (χ0) is 25.9. The number of anilines is 1. The molecule has 1 aliphatic carbocycles. The van der Waals surface area contributed by atoms with Crippen LogP contribution < -0.4 is 21.5 Å². The van der Waals surface area contributed by atoms with Gasteiger partial charge >= 0.3 is 6.09 Å². The molecule has 4 unspecified atom stereocenters. The Hall–Kier alpha value is -3.30. The number of primary sulfonamides is 1. The summed E-state index contributed by atoms with van der Waals surface area (Å²) in [5, 5.41) is 28.8. The number of nitrogens with one attached hydrogen (secondary N) is 2. The number of benzene rings is 1. The second-order valence-electron chi connectivity index (χ2n) is 8.51. The third-order valence-corrected chi connectivity index (χ3v) is 7.60. The van der Waals surface area contributed by atoms with E-state index in [0.717, 1.165) is 0 Å². The summed E-state index contributed by atoms with van der Waals surface area (Å²) in [6, 6.07) is 5.65. The van der Waals surface area contributed by atoms with Crippen molar-refractivity contribution in [1.82, 2.24) is 10.2 Å². The van der Waals surface area contributed by atoms with Gasteiger partial charge in [0.05, 0.1) is 34.9 Å². The van der Waals surface area contributed by atoms with Crippen molar-refractivity contribution in [3.63, 3.8) is 0 Å². The number of hydrogen-bond donors (Lipinski definition) is 6. The topological polar surface area (TPSA) is 224 Å². The van der Waals surface area contributed by atoms with E-state index in [0.29, 0.717) is 17.9 Å². The highest BCUT2D eigenvalue weighted by Gasteiger charge is 2.72. The van der Waals surface area contributed by atoms with Gasteiger partial charge in [0.1, 0.15) is 0 Å². The number of ether oxygens (including phenoxy) is 1. The van der Waals surface area contributed by atoms with Crippen molar-refractivity contribution in [2.75, 3.05) is 25.6 Å². The van der Waals surface area contributed by atoms with Gasteiger partial charge in [0.15, 0.2) is 5.72 Å². The highest BCUT2D eigenvalue weighted by molar-refractivity contribution is 7.89. The number of amides is 1. The monoisotopic (exact) mass is 507 g/mol. The Morgan fingerprint density at radius 1 is 1.29 bits per heavy atom. The van der Waals surface area contributed by atoms with E-state index in [1.165, 1.54) is 31.4 Å². The van der Waals surface area contributed by atoms with Crippen molar-refractivity contribution in [2.24, 2.45) is 16.8 Å². The van der Waals surface area contributed by atoms with Crippen LogP contribution in [0.1, 0.15) is 6.92 Å². The number of nitrogens with two attached hydrogens (primary N) is 2. The van der Waals surface area contributed by atoms with Crippen molar-refractivity contribution in [1.29, 1.82) is 0 Å². The lowest BCUT2D eigenvalue weighted by Gasteiger charge is -2.39. The number of Topliss-reactive ketones (excluding diaryl/α,β-unsaturated/α-hetero) is 2. The first kappa shape index (κ1) is 24.8. The van der Waals surface area contributed by atoms with Crippen molar-refractivity contribution in [3.8, 4) is 0 Å². The maximum Gasteiger partial charge on any atom is 0.402 e. The minimum atomic E-state index is -3.85. The van der Waals surface area contributed by atoms with Crippen LogP contribution in [-0.2, 0) is 24.3 Å². The highest BCUT2D eigenvalue weighted by atomic mass is 32.2. The molecule has 2 fully saturated rings. The molecule has 4 aliphatic rings. The maximum atomic E-state index is 13.5. The van der Waals surface area contributed by atoms with E-state index in [-0.39, 0.29) is 52.0 Å². The molecule has 13 nitrogen and oxygen atoms in total. The lowest BCUT2D eigenvalue weighted by Crippen LogP contribution is -2.54. The number of fused-ring (bicyclic) bond motifs is 4. The van der Waals surface area contributed by atoms with Crippen molar-refractivity contribution in [2.45, 2.75) is 29.6 Å². The van der Waals surface area contributed by atoms with E-state index in [1.807, 2.05) is 4.90 Å². The quantitative estimate of drug-likeness (QED) is 0.202. The Labute approximate surface area is 200 Å². The van der Waals surface area contributed by atoms with Crippen molar-refractivity contribution in [3.05, 3.63) is 46.8 Å². The van der Waals surface area contributed by atoms with Gasteiger partial charge in [0.25, 0.3) is 0 Å². The smallest absolute Gasteiger partial charge is 0.402 e. The molecule has 8 N–H and O–H groups in total. The summed E-state index contributed by atoms with van der Waals surface area (Å²) in [5.74, 6) is -1.36. The lowest BCUT2D eigenvalue weighted by molar-refractivity contribution is -0.137. The summed E-state index contributed by atoms with van der Waals surface area (Å²) in [6.07, 6.45) is -1.33. The van der Waals surface area contributed by atoms with Gasteiger partial charge in [0, 0.05) is 36.5 Å². The Bertz CT molecular complexity index is 1290. The number of aliphatic hydroxyl groups excluding tert-OH is 1. The Morgan fingerprint density at radius 2 is 1.89 bits per heavy atom. The highest BCUT2D eigenvalue weighted by Crippen LogP contribution is 2.55. The largest absolute Gasteiger partial charge is 0.465 e. The van der Waals surface area contributed by atoms with Gasteiger partial charge in [-0.15, -0.1) is 0 Å². The van der Waals surface area contributed by atoms with Crippen LogP contribution in [0.5, 0.6) is 0 Å². The van der Waals surface area contributed by atoms with Crippen molar-refractivity contribution < 1.29 is 37.8 Å². The van der Waals surface area contributed by atoms with Crippen LogP contribution in [0.4, 0.5) is 10.5 Å². The fourth-order valence-corrected chi connectivity index (χ4v) is 5.68. The van der Waals surface area contributed by atoms with E-state index >= 15 is 0 Å². The number of primary amides is 1. The van der Waals surface area contributed by atoms with Gasteiger partial charge in [-0.2, -0.15) is 0 Å². The third-order valence-electron chi connectivity index (χ3n) is 6.67. The molecule has 35 heavy (non-hydrogen) atoms. The number of sulfonamides is 1. The second kappa shape index (κ2) is 8.42. The summed E-state index contributed by atoms with van der Waals surface area (Å²) in [5.41, 5.74) is 4.37. The second-order valence-corrected chi connectivity index (χ2v) is 10.1. The zero-order valence-electron chi connectivity index (χ0n) is 18.8. The average Bonchev–Trinajstić information content (AvgIpc) is 3.39. The Morgan fingerprint density at radius 3 is 2.40 bits per heavy atom. The number of allylic oxidation sites excluding steroid dienone is 2. The fraction of sp³-hybridized carbons (Fsp3) is 0.381. The summed E-state index contributed by atoms with van der Waals surface area (Å²) in [7, 11) is -2.32. The number of aliphatic hydroxyl groups is 1. The molecule has 14 heteroatoms. The standard InChI is InChI=1S/C20H22N4O6S.CH3NO2/c1-9-15(22-10-3-5-11(6-4-10)31(21,28)29)18(27)14-12(8-25)20(30-2)19-13(23-19)7-24(20)16(14)17(9)26;2-1(3)4/h3-6,12-13,19,22-23,25H,7-8H2,1-2H3,(H2,21,28,29);2H2,(H,3,4). The van der Waals surface area contributed by atoms with E-state index in [9.17, 15) is 23.1 Å². The van der Waals surface area contributed by atoms with Gasteiger partial charge in [-0.05, 0) is 31.2 Å². The van der Waals surface area contributed by atoms with Crippen LogP contribution in [-0.4, -0.2) is 79.3 Å². The lowest BCUT2D eigenvalue weighted by atomic mass is 9.82. The molecule has 1 aromatic rings. The number of ketones is 2. The molecule has 0 spiro atoms. The first-order valence-corrected chi connectivity index (χ1v) is 12.1. The van der Waals surface area contributed by atoms with Crippen LogP contribution in [0, 0.1) is 5.92 Å². The first-order chi connectivity index (χ1) is 16.4. The molecule has 1 aromatic carbocycles. The summed E-state index contributed by atoms with van der Waals surface area (Å²) < 4.78 is 28.8. The molecule has 188 valence electrons. The van der Waals surface area contributed by atoms with Crippen molar-refractivity contribution >= 4 is 33.4 Å². The molecule has 0 saturated carbocycles. The molecule has 3 aliphatic heterocycles. The van der Waals surface area contributed by atoms with Crippen LogP contribution in [0.3, 0.4) is 0 Å². The summed E-state index contributed by atoms with van der Waals surface area (Å²) in [4.78, 5) is 37.4. The summed E-state index contributed by atoms with van der Waals surface area (Å²) >= 11 is 0. The average molecular weight is 508 g/mol. The van der Waals surface area contributed by atoms with Crippen LogP contribution >= 0.6 is 0 Å².